The summed E-state index contributed by atoms with van der Waals surface area (Å²) in [6.07, 6.45) is 5.06. The van der Waals surface area contributed by atoms with Crippen molar-refractivity contribution in [1.82, 2.24) is 19.7 Å². The van der Waals surface area contributed by atoms with Crippen LogP contribution in [0.15, 0.2) is 67.1 Å². The fourth-order valence-electron chi connectivity index (χ4n) is 3.36. The minimum absolute atomic E-state index is 0.158. The van der Waals surface area contributed by atoms with Crippen molar-refractivity contribution >= 4 is 23.0 Å². The Labute approximate surface area is 173 Å². The number of aryl methyl sites for hydroxylation is 2. The molecule has 0 spiro atoms. The lowest BCUT2D eigenvalue weighted by Gasteiger charge is -2.06. The highest BCUT2D eigenvalue weighted by Gasteiger charge is 2.21. The minimum Gasteiger partial charge on any atom is -0.345 e. The van der Waals surface area contributed by atoms with E-state index in [1.165, 1.54) is 0 Å². The summed E-state index contributed by atoms with van der Waals surface area (Å²) in [7, 11) is 0. The number of benzene rings is 1. The first-order valence-electron chi connectivity index (χ1n) is 9.55. The van der Waals surface area contributed by atoms with Crippen LogP contribution in [0.2, 0.25) is 0 Å². The number of imidazole rings is 1. The number of aromatic nitrogens is 3. The van der Waals surface area contributed by atoms with Crippen molar-refractivity contribution < 1.29 is 9.59 Å². The van der Waals surface area contributed by atoms with Gasteiger partial charge >= 0.3 is 0 Å². The molecule has 0 fully saturated rings. The van der Waals surface area contributed by atoms with Gasteiger partial charge < -0.3 is 10.6 Å². The zero-order valence-corrected chi connectivity index (χ0v) is 16.7. The Kier molecular flexibility index (Phi) is 5.26. The van der Waals surface area contributed by atoms with Gasteiger partial charge in [0.15, 0.2) is 5.69 Å². The van der Waals surface area contributed by atoms with Gasteiger partial charge in [-0.1, -0.05) is 12.1 Å². The van der Waals surface area contributed by atoms with Gasteiger partial charge in [0.05, 0.1) is 5.52 Å². The number of hydrogen-bond donors (Lipinski definition) is 2. The van der Waals surface area contributed by atoms with Gasteiger partial charge in [-0.2, -0.15) is 0 Å². The molecule has 1 aromatic carbocycles. The molecule has 0 aliphatic rings. The Morgan fingerprint density at radius 3 is 2.43 bits per heavy atom. The summed E-state index contributed by atoms with van der Waals surface area (Å²) in [5.41, 5.74) is 4.48. The molecule has 2 amide bonds. The number of pyridine rings is 2. The lowest BCUT2D eigenvalue weighted by Crippen LogP contribution is -2.25. The van der Waals surface area contributed by atoms with Crippen LogP contribution < -0.4 is 10.6 Å². The molecule has 0 saturated heterocycles. The summed E-state index contributed by atoms with van der Waals surface area (Å²) in [6.45, 7) is 4.28. The van der Waals surface area contributed by atoms with Crippen LogP contribution in [0.25, 0.3) is 5.52 Å². The number of fused-ring (bicyclic) bond motifs is 1. The highest BCUT2D eigenvalue weighted by molar-refractivity contribution is 6.09. The van der Waals surface area contributed by atoms with Crippen molar-refractivity contribution in [3.05, 3.63) is 95.3 Å². The number of hydrogen-bond acceptors (Lipinski definition) is 4. The lowest BCUT2D eigenvalue weighted by molar-refractivity contribution is 0.0940. The fourth-order valence-corrected chi connectivity index (χ4v) is 3.36. The Morgan fingerprint density at radius 1 is 0.967 bits per heavy atom. The maximum absolute atomic E-state index is 12.9. The van der Waals surface area contributed by atoms with E-state index in [2.05, 4.69) is 20.6 Å². The molecule has 3 heterocycles. The molecular weight excluding hydrogens is 378 g/mol. The van der Waals surface area contributed by atoms with E-state index in [0.717, 1.165) is 16.7 Å². The van der Waals surface area contributed by atoms with Gasteiger partial charge in [-0.3, -0.25) is 19.0 Å². The Balaban J connectivity index is 1.61. The van der Waals surface area contributed by atoms with Crippen molar-refractivity contribution in [2.75, 3.05) is 5.32 Å². The fraction of sp³-hybridized carbons (Fsp3) is 0.130. The van der Waals surface area contributed by atoms with Crippen molar-refractivity contribution in [2.24, 2.45) is 0 Å². The van der Waals surface area contributed by atoms with Crippen LogP contribution in [0.3, 0.4) is 0 Å². The van der Waals surface area contributed by atoms with E-state index in [4.69, 9.17) is 0 Å². The summed E-state index contributed by atoms with van der Waals surface area (Å²) < 4.78 is 1.62. The van der Waals surface area contributed by atoms with Crippen LogP contribution in [0, 0.1) is 13.8 Å². The molecule has 30 heavy (non-hydrogen) atoms. The molecule has 7 heteroatoms. The van der Waals surface area contributed by atoms with Gasteiger partial charge in [-0.15, -0.1) is 0 Å². The van der Waals surface area contributed by atoms with E-state index in [1.807, 2.05) is 50.2 Å². The minimum atomic E-state index is -0.364. The average molecular weight is 399 g/mol. The molecule has 0 bridgehead atoms. The number of nitrogens with one attached hydrogen (secondary N) is 2. The largest absolute Gasteiger partial charge is 0.345 e. The first kappa shape index (κ1) is 19.3. The van der Waals surface area contributed by atoms with Gasteiger partial charge in [0.1, 0.15) is 0 Å². The molecule has 0 atom stereocenters. The molecule has 4 aromatic rings. The van der Waals surface area contributed by atoms with Gasteiger partial charge in [0.2, 0.25) is 5.82 Å². The highest BCUT2D eigenvalue weighted by Crippen LogP contribution is 2.18. The molecule has 0 aliphatic carbocycles. The highest BCUT2D eigenvalue weighted by atomic mass is 16.2. The maximum atomic E-state index is 12.9. The molecule has 2 N–H and O–H groups in total. The first-order chi connectivity index (χ1) is 14.5. The normalized spacial score (nSPS) is 10.7. The van der Waals surface area contributed by atoms with E-state index in [9.17, 15) is 9.59 Å². The molecule has 0 unspecified atom stereocenters. The maximum Gasteiger partial charge on any atom is 0.287 e. The molecular formula is C23H21N5O2. The van der Waals surface area contributed by atoms with Crippen molar-refractivity contribution in [3.63, 3.8) is 0 Å². The van der Waals surface area contributed by atoms with Crippen molar-refractivity contribution in [1.29, 1.82) is 0 Å². The standard InChI is InChI=1S/C23H21N5O2/c1-15-11-16(2)13-18(12-15)26-22(29)20-19-5-3-4-10-28(19)21(27-20)23(30)25-14-17-6-8-24-9-7-17/h3-13H,14H2,1-2H3,(H,25,30)(H,26,29). The lowest BCUT2D eigenvalue weighted by atomic mass is 10.1. The number of rotatable bonds is 5. The molecule has 150 valence electrons. The van der Waals surface area contributed by atoms with E-state index in [-0.39, 0.29) is 23.3 Å². The Morgan fingerprint density at radius 2 is 1.70 bits per heavy atom. The van der Waals surface area contributed by atoms with Crippen molar-refractivity contribution in [2.45, 2.75) is 20.4 Å². The first-order valence-corrected chi connectivity index (χ1v) is 9.55. The second-order valence-corrected chi connectivity index (χ2v) is 7.11. The molecule has 0 aliphatic heterocycles. The third-order valence-corrected chi connectivity index (χ3v) is 4.65. The second kappa shape index (κ2) is 8.16. The molecule has 0 saturated carbocycles. The number of nitrogens with zero attached hydrogens (tertiary/aromatic N) is 3. The van der Waals surface area contributed by atoms with Crippen LogP contribution in [-0.2, 0) is 6.54 Å². The summed E-state index contributed by atoms with van der Waals surface area (Å²) in [5, 5.41) is 5.73. The van der Waals surface area contributed by atoms with Crippen LogP contribution in [0.4, 0.5) is 5.69 Å². The predicted octanol–water partition coefficient (Wildman–Crippen LogP) is 3.53. The number of amides is 2. The SMILES string of the molecule is Cc1cc(C)cc(NC(=O)c2nc(C(=O)NCc3ccncc3)n3ccccc23)c1. The predicted molar refractivity (Wildman–Crippen MR) is 114 cm³/mol. The topological polar surface area (TPSA) is 88.4 Å². The second-order valence-electron chi connectivity index (χ2n) is 7.11. The zero-order valence-electron chi connectivity index (χ0n) is 16.7. The van der Waals surface area contributed by atoms with Crippen LogP contribution >= 0.6 is 0 Å². The number of carbonyl (C=O) groups excluding carboxylic acids is 2. The number of anilines is 1. The quantitative estimate of drug-likeness (QED) is 0.537. The van der Waals surface area contributed by atoms with Crippen molar-refractivity contribution in [3.8, 4) is 0 Å². The summed E-state index contributed by atoms with van der Waals surface area (Å²) in [4.78, 5) is 34.0. The van der Waals surface area contributed by atoms with Crippen LogP contribution in [0.1, 0.15) is 37.8 Å². The summed E-state index contributed by atoms with van der Waals surface area (Å²) in [6, 6.07) is 14.8. The van der Waals surface area contributed by atoms with Gasteiger partial charge in [0.25, 0.3) is 11.8 Å². The molecule has 7 nitrogen and oxygen atoms in total. The van der Waals surface area contributed by atoms with E-state index in [1.54, 1.807) is 35.1 Å². The summed E-state index contributed by atoms with van der Waals surface area (Å²) in [5.74, 6) is -0.569. The van der Waals surface area contributed by atoms with Gasteiger partial charge in [-0.05, 0) is 66.9 Å². The van der Waals surface area contributed by atoms with Crippen LogP contribution in [0.5, 0.6) is 0 Å². The van der Waals surface area contributed by atoms with E-state index < -0.39 is 0 Å². The van der Waals surface area contributed by atoms with Crippen LogP contribution in [-0.4, -0.2) is 26.2 Å². The third-order valence-electron chi connectivity index (χ3n) is 4.65. The monoisotopic (exact) mass is 399 g/mol. The van der Waals surface area contributed by atoms with Gasteiger partial charge in [0, 0.05) is 30.8 Å². The molecule has 3 aromatic heterocycles. The van der Waals surface area contributed by atoms with E-state index >= 15 is 0 Å². The number of carbonyl (C=O) groups is 2. The van der Waals surface area contributed by atoms with E-state index in [0.29, 0.717) is 17.7 Å². The van der Waals surface area contributed by atoms with Gasteiger partial charge in [-0.25, -0.2) is 4.98 Å². The average Bonchev–Trinajstić information content (AvgIpc) is 3.12. The summed E-state index contributed by atoms with van der Waals surface area (Å²) >= 11 is 0. The third kappa shape index (κ3) is 4.05. The smallest absolute Gasteiger partial charge is 0.287 e. The molecule has 0 radical (unpaired) electrons. The zero-order chi connectivity index (χ0) is 21.1. The Hall–Kier alpha value is -4.00. The Bertz CT molecular complexity index is 1210. The molecule has 4 rings (SSSR count).